The quantitative estimate of drug-likeness (QED) is 0.891. The Morgan fingerprint density at radius 1 is 1.26 bits per heavy atom. The van der Waals surface area contributed by atoms with Crippen molar-refractivity contribution in [2.24, 2.45) is 5.16 Å². The van der Waals surface area contributed by atoms with E-state index in [1.807, 2.05) is 24.3 Å². The van der Waals surface area contributed by atoms with Gasteiger partial charge in [0.05, 0.1) is 12.8 Å². The molecule has 0 saturated carbocycles. The summed E-state index contributed by atoms with van der Waals surface area (Å²) in [6.45, 7) is 1.37. The van der Waals surface area contributed by atoms with Crippen molar-refractivity contribution in [2.75, 3.05) is 13.7 Å². The van der Waals surface area contributed by atoms with E-state index in [1.165, 1.54) is 6.07 Å². The van der Waals surface area contributed by atoms with E-state index in [1.54, 1.807) is 25.3 Å². The van der Waals surface area contributed by atoms with Crippen molar-refractivity contribution in [1.29, 1.82) is 0 Å². The van der Waals surface area contributed by atoms with Gasteiger partial charge in [0.2, 0.25) is 0 Å². The predicted octanol–water partition coefficient (Wildman–Crippen LogP) is 3.12. The molecule has 5 heteroatoms. The highest BCUT2D eigenvalue weighted by Crippen LogP contribution is 2.18. The van der Waals surface area contributed by atoms with Crippen LogP contribution in [0.4, 0.5) is 4.39 Å². The number of hydrogen-bond acceptors (Lipinski definition) is 4. The Bertz CT molecular complexity index is 703. The van der Waals surface area contributed by atoms with Gasteiger partial charge in [0.15, 0.2) is 0 Å². The highest BCUT2D eigenvalue weighted by molar-refractivity contribution is 6.01. The third-order valence-corrected chi connectivity index (χ3v) is 3.75. The topological polar surface area (TPSA) is 42.8 Å². The largest absolute Gasteiger partial charge is 0.497 e. The van der Waals surface area contributed by atoms with Gasteiger partial charge in [-0.2, -0.15) is 0 Å². The molecule has 3 rings (SSSR count). The number of nitrogens with zero attached hydrogens (tertiary/aromatic N) is 1. The van der Waals surface area contributed by atoms with Crippen molar-refractivity contribution < 1.29 is 14.0 Å². The van der Waals surface area contributed by atoms with Crippen LogP contribution in [0.3, 0.4) is 0 Å². The molecule has 1 unspecified atom stereocenters. The fourth-order valence-electron chi connectivity index (χ4n) is 2.55. The van der Waals surface area contributed by atoms with Gasteiger partial charge in [0.1, 0.15) is 17.7 Å². The maximum atomic E-state index is 13.7. The second-order valence-corrected chi connectivity index (χ2v) is 5.43. The third-order valence-electron chi connectivity index (χ3n) is 3.75. The molecule has 0 fully saturated rings. The van der Waals surface area contributed by atoms with Crippen LogP contribution in [0, 0.1) is 5.82 Å². The van der Waals surface area contributed by atoms with Gasteiger partial charge < -0.3 is 14.9 Å². The summed E-state index contributed by atoms with van der Waals surface area (Å²) in [5.74, 6) is 0.575. The average Bonchev–Trinajstić information content (AvgIpc) is 3.04. The number of benzene rings is 2. The highest BCUT2D eigenvalue weighted by atomic mass is 19.1. The molecule has 2 aromatic carbocycles. The molecule has 1 aliphatic rings. The Morgan fingerprint density at radius 3 is 2.96 bits per heavy atom. The summed E-state index contributed by atoms with van der Waals surface area (Å²) in [5, 5.41) is 7.35. The Morgan fingerprint density at radius 2 is 2.13 bits per heavy atom. The summed E-state index contributed by atoms with van der Waals surface area (Å²) in [5.41, 5.74) is 2.32. The summed E-state index contributed by atoms with van der Waals surface area (Å²) in [7, 11) is 1.65. The second-order valence-electron chi connectivity index (χ2n) is 5.43. The zero-order valence-electron chi connectivity index (χ0n) is 13.0. The van der Waals surface area contributed by atoms with Gasteiger partial charge in [-0.15, -0.1) is 0 Å². The van der Waals surface area contributed by atoms with Gasteiger partial charge in [-0.3, -0.25) is 0 Å². The number of methoxy groups -OCH3 is 1. The first-order valence-electron chi connectivity index (χ1n) is 7.57. The molecule has 0 saturated heterocycles. The molecular weight excluding hydrogens is 295 g/mol. The lowest BCUT2D eigenvalue weighted by Crippen LogP contribution is -2.26. The molecule has 1 N–H and O–H groups in total. The van der Waals surface area contributed by atoms with E-state index in [4.69, 9.17) is 9.57 Å². The maximum Gasteiger partial charge on any atom is 0.145 e. The summed E-state index contributed by atoms with van der Waals surface area (Å²) < 4.78 is 19.0. The Kier molecular flexibility index (Phi) is 4.88. The number of hydrogen-bond donors (Lipinski definition) is 1. The fraction of sp³-hybridized carbons (Fsp3) is 0.278. The van der Waals surface area contributed by atoms with Gasteiger partial charge in [-0.25, -0.2) is 4.39 Å². The molecule has 0 aliphatic carbocycles. The van der Waals surface area contributed by atoms with E-state index in [0.717, 1.165) is 11.3 Å². The van der Waals surface area contributed by atoms with Crippen LogP contribution in [0.2, 0.25) is 0 Å². The summed E-state index contributed by atoms with van der Waals surface area (Å²) in [6.07, 6.45) is 0.529. The molecule has 4 nitrogen and oxygen atoms in total. The second kappa shape index (κ2) is 7.24. The van der Waals surface area contributed by atoms with E-state index < -0.39 is 0 Å². The molecule has 0 radical (unpaired) electrons. The van der Waals surface area contributed by atoms with E-state index >= 15 is 0 Å². The summed E-state index contributed by atoms with van der Waals surface area (Å²) in [6, 6.07) is 14.5. The first-order chi connectivity index (χ1) is 11.3. The van der Waals surface area contributed by atoms with Gasteiger partial charge in [-0.05, 0) is 23.8 Å². The lowest BCUT2D eigenvalue weighted by molar-refractivity contribution is 0.0848. The lowest BCUT2D eigenvalue weighted by atomic mass is 10.0. The van der Waals surface area contributed by atoms with Crippen molar-refractivity contribution in [1.82, 2.24) is 5.32 Å². The van der Waals surface area contributed by atoms with Crippen molar-refractivity contribution in [3.05, 3.63) is 65.5 Å². The molecule has 0 spiro atoms. The van der Waals surface area contributed by atoms with Gasteiger partial charge in [0.25, 0.3) is 0 Å². The minimum atomic E-state index is -0.264. The van der Waals surface area contributed by atoms with E-state index in [0.29, 0.717) is 30.8 Å². The van der Waals surface area contributed by atoms with Crippen LogP contribution >= 0.6 is 0 Å². The first-order valence-corrected chi connectivity index (χ1v) is 7.57. The molecule has 120 valence electrons. The average molecular weight is 314 g/mol. The number of halogens is 1. The Labute approximate surface area is 134 Å². The standard InChI is InChI=1S/C18H19FN2O2/c1-22-14-6-4-5-13(9-14)11-20-12-15-10-18(21-23-15)16-7-2-3-8-17(16)19/h2-9,15,20H,10-12H2,1H3. The molecule has 23 heavy (non-hydrogen) atoms. The normalized spacial score (nSPS) is 16.8. The van der Waals surface area contributed by atoms with Gasteiger partial charge in [-0.1, -0.05) is 35.5 Å². The molecule has 2 aromatic rings. The smallest absolute Gasteiger partial charge is 0.145 e. The molecule has 0 bridgehead atoms. The lowest BCUT2D eigenvalue weighted by Gasteiger charge is -2.10. The van der Waals surface area contributed by atoms with Gasteiger partial charge >= 0.3 is 0 Å². The Balaban J connectivity index is 1.49. The zero-order valence-corrected chi connectivity index (χ0v) is 13.0. The highest BCUT2D eigenvalue weighted by Gasteiger charge is 2.23. The molecule has 1 aliphatic heterocycles. The summed E-state index contributed by atoms with van der Waals surface area (Å²) in [4.78, 5) is 5.39. The van der Waals surface area contributed by atoms with Crippen LogP contribution in [0.5, 0.6) is 5.75 Å². The van der Waals surface area contributed by atoms with E-state index in [2.05, 4.69) is 10.5 Å². The van der Waals surface area contributed by atoms with Crippen LogP contribution in [0.15, 0.2) is 53.7 Å². The molecule has 1 heterocycles. The number of nitrogens with one attached hydrogen (secondary N) is 1. The number of ether oxygens (including phenoxy) is 1. The van der Waals surface area contributed by atoms with Crippen LogP contribution in [0.1, 0.15) is 17.5 Å². The Hall–Kier alpha value is -2.40. The SMILES string of the molecule is COc1cccc(CNCC2CC(c3ccccc3F)=NO2)c1. The number of rotatable bonds is 6. The summed E-state index contributed by atoms with van der Waals surface area (Å²) >= 11 is 0. The predicted molar refractivity (Wildman–Crippen MR) is 87.1 cm³/mol. The molecule has 1 atom stereocenters. The van der Waals surface area contributed by atoms with Crippen LogP contribution < -0.4 is 10.1 Å². The zero-order chi connectivity index (χ0) is 16.1. The third kappa shape index (κ3) is 3.87. The van der Waals surface area contributed by atoms with Crippen LogP contribution in [0.25, 0.3) is 0 Å². The van der Waals surface area contributed by atoms with E-state index in [-0.39, 0.29) is 11.9 Å². The molecule has 0 aromatic heterocycles. The monoisotopic (exact) mass is 314 g/mol. The van der Waals surface area contributed by atoms with E-state index in [9.17, 15) is 4.39 Å². The van der Waals surface area contributed by atoms with Crippen molar-refractivity contribution >= 4 is 5.71 Å². The van der Waals surface area contributed by atoms with Crippen molar-refractivity contribution in [3.63, 3.8) is 0 Å². The fourth-order valence-corrected chi connectivity index (χ4v) is 2.55. The number of oxime groups is 1. The van der Waals surface area contributed by atoms with Gasteiger partial charge in [0, 0.05) is 25.1 Å². The molecule has 0 amide bonds. The minimum absolute atomic E-state index is 0.0739. The van der Waals surface area contributed by atoms with Crippen LogP contribution in [-0.2, 0) is 11.4 Å². The first kappa shape index (κ1) is 15.5. The van der Waals surface area contributed by atoms with Crippen LogP contribution in [-0.4, -0.2) is 25.5 Å². The van der Waals surface area contributed by atoms with Crippen molar-refractivity contribution in [3.8, 4) is 5.75 Å². The molecular formula is C18H19FN2O2. The minimum Gasteiger partial charge on any atom is -0.497 e. The van der Waals surface area contributed by atoms with Crippen molar-refractivity contribution in [2.45, 2.75) is 19.1 Å². The maximum absolute atomic E-state index is 13.7.